The molecule has 0 fully saturated rings. The van der Waals surface area contributed by atoms with Crippen molar-refractivity contribution in [2.24, 2.45) is 0 Å². The number of nitrogens with zero attached hydrogens (tertiary/aromatic N) is 3. The summed E-state index contributed by atoms with van der Waals surface area (Å²) in [5.74, 6) is -3.34. The van der Waals surface area contributed by atoms with Gasteiger partial charge in [0.1, 0.15) is 23.9 Å². The van der Waals surface area contributed by atoms with Crippen LogP contribution in [0.3, 0.4) is 0 Å². The molecule has 0 radical (unpaired) electrons. The molecule has 3 heterocycles. The molecule has 15 heteroatoms. The Kier molecular flexibility index (Phi) is 12.6. The molecule has 314 valence electrons. The van der Waals surface area contributed by atoms with Crippen LogP contribution in [0.1, 0.15) is 61.2 Å². The zero-order chi connectivity index (χ0) is 43.5. The van der Waals surface area contributed by atoms with Gasteiger partial charge in [0, 0.05) is 27.9 Å². The summed E-state index contributed by atoms with van der Waals surface area (Å²) >= 11 is 0. The van der Waals surface area contributed by atoms with E-state index in [1.54, 1.807) is 16.6 Å². The van der Waals surface area contributed by atoms with E-state index in [1.807, 2.05) is 89.2 Å². The zero-order valence-corrected chi connectivity index (χ0v) is 33.6. The largest absolute Gasteiger partial charge is 0.490 e. The van der Waals surface area contributed by atoms with Gasteiger partial charge in [-0.1, -0.05) is 54.6 Å². The Hall–Kier alpha value is -6.35. The molecule has 0 saturated carbocycles. The third kappa shape index (κ3) is 9.41. The van der Waals surface area contributed by atoms with Crippen molar-refractivity contribution in [2.45, 2.75) is 71.9 Å². The number of fused-ring (bicyclic) bond motifs is 2. The quantitative estimate of drug-likeness (QED) is 0.112. The van der Waals surface area contributed by atoms with E-state index in [9.17, 15) is 22.4 Å². The lowest BCUT2D eigenvalue weighted by molar-refractivity contribution is -0.192. The van der Waals surface area contributed by atoms with Gasteiger partial charge in [-0.15, -0.1) is 0 Å². The fraction of sp³-hybridized carbons (Fsp3) is 0.289. The van der Waals surface area contributed by atoms with Crippen LogP contribution in [0.4, 0.5) is 22.0 Å². The second kappa shape index (κ2) is 17.5. The molecule has 0 saturated heterocycles. The summed E-state index contributed by atoms with van der Waals surface area (Å²) in [6, 6.07) is 25.0. The van der Waals surface area contributed by atoms with E-state index in [4.69, 9.17) is 38.9 Å². The number of rotatable bonds is 9. The van der Waals surface area contributed by atoms with Crippen molar-refractivity contribution in [3.63, 3.8) is 0 Å². The van der Waals surface area contributed by atoms with Gasteiger partial charge in [0.25, 0.3) is 0 Å². The molecule has 1 N–H and O–H groups in total. The summed E-state index contributed by atoms with van der Waals surface area (Å²) in [6.07, 6.45) is -4.91. The highest BCUT2D eigenvalue weighted by Gasteiger charge is 2.38. The average molecular weight is 832 g/mol. The summed E-state index contributed by atoms with van der Waals surface area (Å²) < 4.78 is 86.8. The minimum Gasteiger partial charge on any atom is -0.490 e. The third-order valence-corrected chi connectivity index (χ3v) is 9.56. The number of hydrogen-bond acceptors (Lipinski definition) is 8. The highest BCUT2D eigenvalue weighted by Crippen LogP contribution is 2.44. The number of carboxylic acids is 1. The molecule has 2 aromatic heterocycles. The number of hydrogen-bond donors (Lipinski definition) is 1. The zero-order valence-electron chi connectivity index (χ0n) is 33.6. The van der Waals surface area contributed by atoms with E-state index in [0.29, 0.717) is 58.2 Å². The van der Waals surface area contributed by atoms with Crippen LogP contribution in [0, 0.1) is 25.5 Å². The van der Waals surface area contributed by atoms with Crippen molar-refractivity contribution < 1.29 is 55.6 Å². The monoisotopic (exact) mass is 831 g/mol. The summed E-state index contributed by atoms with van der Waals surface area (Å²) in [6.45, 7) is 10.0. The number of benzene rings is 4. The Morgan fingerprint density at radius 3 is 2.23 bits per heavy atom. The molecule has 10 nitrogen and oxygen atoms in total. The van der Waals surface area contributed by atoms with Gasteiger partial charge in [-0.2, -0.15) is 18.3 Å². The maximum absolute atomic E-state index is 16.1. The number of aliphatic carboxylic acids is 1. The molecule has 4 aromatic carbocycles. The van der Waals surface area contributed by atoms with Crippen LogP contribution in [0.15, 0.2) is 84.9 Å². The Balaban J connectivity index is 0.000000793. The second-order valence-corrected chi connectivity index (χ2v) is 15.0. The van der Waals surface area contributed by atoms with Gasteiger partial charge in [0.2, 0.25) is 0 Å². The molecule has 6 aromatic rings. The van der Waals surface area contributed by atoms with Crippen molar-refractivity contribution in [3.05, 3.63) is 125 Å². The van der Waals surface area contributed by atoms with E-state index >= 15 is 4.39 Å². The summed E-state index contributed by atoms with van der Waals surface area (Å²) in [5, 5.41) is 12.4. The molecule has 0 amide bonds. The van der Waals surface area contributed by atoms with E-state index in [-0.39, 0.29) is 18.2 Å². The number of carbonyl (C=O) groups excluding carboxylic acids is 1. The molecule has 1 atom stereocenters. The number of halogens is 5. The minimum absolute atomic E-state index is 0.241. The fourth-order valence-electron chi connectivity index (χ4n) is 6.89. The van der Waals surface area contributed by atoms with Crippen LogP contribution >= 0.6 is 0 Å². The molecule has 7 rings (SSSR count). The molecule has 60 heavy (non-hydrogen) atoms. The summed E-state index contributed by atoms with van der Waals surface area (Å²) in [4.78, 5) is 27.7. The Morgan fingerprint density at radius 1 is 0.933 bits per heavy atom. The number of alkyl halides is 3. The molecule has 0 unspecified atom stereocenters. The highest BCUT2D eigenvalue weighted by atomic mass is 19.4. The van der Waals surface area contributed by atoms with Crippen LogP contribution in [0.2, 0.25) is 0 Å². The maximum atomic E-state index is 16.1. The van der Waals surface area contributed by atoms with Gasteiger partial charge >= 0.3 is 18.1 Å². The van der Waals surface area contributed by atoms with Gasteiger partial charge in [-0.3, -0.25) is 0 Å². The molecular weight excluding hydrogens is 789 g/mol. The fourth-order valence-corrected chi connectivity index (χ4v) is 6.89. The van der Waals surface area contributed by atoms with Crippen molar-refractivity contribution in [1.29, 1.82) is 0 Å². The Morgan fingerprint density at radius 2 is 1.60 bits per heavy atom. The topological polar surface area (TPSA) is 121 Å². The maximum Gasteiger partial charge on any atom is 0.490 e. The number of aromatic nitrogens is 3. The van der Waals surface area contributed by atoms with Crippen LogP contribution in [-0.4, -0.2) is 57.1 Å². The molecule has 1 aliphatic rings. The molecule has 1 aliphatic heterocycles. The van der Waals surface area contributed by atoms with Crippen LogP contribution in [0.25, 0.3) is 39.3 Å². The van der Waals surface area contributed by atoms with Crippen molar-refractivity contribution in [2.75, 3.05) is 13.7 Å². The first-order valence-electron chi connectivity index (χ1n) is 18.8. The molecule has 0 aliphatic carbocycles. The van der Waals surface area contributed by atoms with Crippen LogP contribution < -0.4 is 9.47 Å². The first-order valence-corrected chi connectivity index (χ1v) is 18.8. The second-order valence-electron chi connectivity index (χ2n) is 15.0. The molecular formula is C45H42F5N3O7. The van der Waals surface area contributed by atoms with Crippen molar-refractivity contribution >= 4 is 17.6 Å². The van der Waals surface area contributed by atoms with Gasteiger partial charge < -0.3 is 24.1 Å². The number of carboxylic acid groups (broad SMARTS) is 1. The number of esters is 1. The molecule has 0 spiro atoms. The lowest BCUT2D eigenvalue weighted by Crippen LogP contribution is -2.30. The predicted molar refractivity (Wildman–Crippen MR) is 213 cm³/mol. The number of aryl methyl sites for hydroxylation is 1. The first-order chi connectivity index (χ1) is 28.4. The van der Waals surface area contributed by atoms with Gasteiger partial charge in [-0.25, -0.2) is 27.9 Å². The summed E-state index contributed by atoms with van der Waals surface area (Å²) in [5.41, 5.74) is 6.98. The van der Waals surface area contributed by atoms with E-state index in [0.717, 1.165) is 34.2 Å². The normalized spacial score (nSPS) is 13.1. The molecule has 0 bridgehead atoms. The van der Waals surface area contributed by atoms with Gasteiger partial charge in [0.05, 0.1) is 30.6 Å². The van der Waals surface area contributed by atoms with E-state index in [2.05, 4.69) is 0 Å². The Labute approximate surface area is 342 Å². The number of carbonyl (C=O) groups is 2. The van der Waals surface area contributed by atoms with Gasteiger partial charge in [-0.05, 0) is 94.5 Å². The minimum atomic E-state index is -5.08. The lowest BCUT2D eigenvalue weighted by Gasteiger charge is -2.29. The smallest absolute Gasteiger partial charge is 0.490 e. The first kappa shape index (κ1) is 43.2. The Bertz CT molecular complexity index is 2530. The van der Waals surface area contributed by atoms with Crippen LogP contribution in [-0.2, 0) is 32.1 Å². The van der Waals surface area contributed by atoms with Crippen molar-refractivity contribution in [1.82, 2.24) is 14.6 Å². The average Bonchev–Trinajstić information content (AvgIpc) is 3.59. The lowest BCUT2D eigenvalue weighted by atomic mass is 9.90. The highest BCUT2D eigenvalue weighted by molar-refractivity contribution is 5.93. The third-order valence-electron chi connectivity index (χ3n) is 9.56. The SMILES string of the molecule is COC(=O)[C@@H](OC(C)(C)C)c1c(C)nc2c(-c3cccc(OCc4ccc(F)cc4)c3)c(-c3ccccc3)nn2c1-c1cc(F)c2c(c1C)CCCO2.O=C(O)C(F)(F)F. The van der Waals surface area contributed by atoms with Crippen LogP contribution in [0.5, 0.6) is 11.5 Å². The van der Waals surface area contributed by atoms with E-state index in [1.165, 1.54) is 25.3 Å². The standard InChI is InChI=1S/C43H41F2N3O5.C2HF3O2/c1-25-32-16-11-21-51-39(32)34(45)23-33(25)38-35(40(42(49)50-6)53-43(3,4)5)26(2)46-41-36(37(47-48(38)41)28-12-8-7-9-13-28)29-14-10-15-31(22-29)52-24-27-17-19-30(44)20-18-27;3-2(4,5)1(6)7/h7-10,12-15,17-20,22-23,40H,11,16,21,24H2,1-6H3;(H,6,7)/t40-;/m0./s1. The predicted octanol–water partition coefficient (Wildman–Crippen LogP) is 10.2. The number of methoxy groups -OCH3 is 1. The summed E-state index contributed by atoms with van der Waals surface area (Å²) in [7, 11) is 1.31. The number of ether oxygens (including phenoxy) is 4. The van der Waals surface area contributed by atoms with Crippen molar-refractivity contribution in [3.8, 4) is 45.1 Å². The van der Waals surface area contributed by atoms with Gasteiger partial charge in [0.15, 0.2) is 23.3 Å². The van der Waals surface area contributed by atoms with E-state index < -0.39 is 35.6 Å².